The minimum atomic E-state index is -4.32. The lowest BCUT2D eigenvalue weighted by Crippen LogP contribution is -2.53. The topological polar surface area (TPSA) is 145 Å². The molecule has 3 aliphatic carbocycles. The van der Waals surface area contributed by atoms with Gasteiger partial charge in [0.15, 0.2) is 5.84 Å². The van der Waals surface area contributed by atoms with Crippen LogP contribution in [-0.4, -0.2) is 49.9 Å². The van der Waals surface area contributed by atoms with Crippen LogP contribution < -0.4 is 10.0 Å². The minimum absolute atomic E-state index is 0.135. The maximum absolute atomic E-state index is 14.0. The molecule has 2 aromatic rings. The molecule has 1 amide bonds. The van der Waals surface area contributed by atoms with Crippen LogP contribution in [0, 0.1) is 23.6 Å². The van der Waals surface area contributed by atoms with E-state index in [9.17, 15) is 31.1 Å². The summed E-state index contributed by atoms with van der Waals surface area (Å²) in [5.74, 6) is -1.26. The summed E-state index contributed by atoms with van der Waals surface area (Å²) in [5, 5.41) is 15.7. The third kappa shape index (κ3) is 4.18. The van der Waals surface area contributed by atoms with Crippen LogP contribution in [0.3, 0.4) is 0 Å². The number of aliphatic hydroxyl groups is 1. The van der Waals surface area contributed by atoms with Gasteiger partial charge in [0.25, 0.3) is 15.9 Å². The van der Waals surface area contributed by atoms with Crippen LogP contribution in [-0.2, 0) is 37.9 Å². The number of nitrogens with zero attached hydrogens (tertiary/aromatic N) is 2. The lowest BCUT2D eigenvalue weighted by atomic mass is 9.77. The molecule has 3 N–H and O–H groups in total. The first kappa shape index (κ1) is 26.1. The number of hydrogen-bond donors (Lipinski definition) is 3. The van der Waals surface area contributed by atoms with Crippen LogP contribution in [0.4, 0.5) is 9.39 Å². The van der Waals surface area contributed by atoms with E-state index in [-0.39, 0.29) is 75.3 Å². The van der Waals surface area contributed by atoms with Gasteiger partial charge in [0.05, 0.1) is 5.25 Å². The Labute approximate surface area is 235 Å². The van der Waals surface area contributed by atoms with Crippen molar-refractivity contribution in [2.24, 2.45) is 22.2 Å². The molecule has 14 heteroatoms. The fourth-order valence-corrected chi connectivity index (χ4v) is 10.7. The molecule has 2 aliphatic heterocycles. The van der Waals surface area contributed by atoms with Gasteiger partial charge in [-0.15, -0.1) is 15.7 Å². The van der Waals surface area contributed by atoms with Gasteiger partial charge < -0.3 is 15.3 Å². The monoisotopic (exact) mass is 606 g/mol. The van der Waals surface area contributed by atoms with Crippen molar-refractivity contribution in [1.82, 2.24) is 9.62 Å². The molecule has 10 nitrogen and oxygen atoms in total. The van der Waals surface area contributed by atoms with Crippen molar-refractivity contribution in [1.29, 1.82) is 0 Å². The van der Waals surface area contributed by atoms with E-state index in [1.165, 1.54) is 12.1 Å². The number of carbonyl (C=O) groups excluding carboxylic acids is 1. The highest BCUT2D eigenvalue weighted by Crippen LogP contribution is 2.55. The summed E-state index contributed by atoms with van der Waals surface area (Å²) < 4.78 is 71.3. The molecule has 0 saturated heterocycles. The van der Waals surface area contributed by atoms with Crippen LogP contribution in [0.25, 0.3) is 0 Å². The molecule has 212 valence electrons. The van der Waals surface area contributed by atoms with E-state index in [0.29, 0.717) is 12.8 Å². The maximum Gasteiger partial charge on any atom is 0.287 e. The van der Waals surface area contributed by atoms with Crippen molar-refractivity contribution in [3.05, 3.63) is 57.9 Å². The van der Waals surface area contributed by atoms with Crippen molar-refractivity contribution in [2.75, 3.05) is 5.32 Å². The number of hydrogen-bond acceptors (Lipinski definition) is 8. The van der Waals surface area contributed by atoms with Crippen LogP contribution in [0.5, 0.6) is 0 Å². The Hall–Kier alpha value is -2.81. The van der Waals surface area contributed by atoms with E-state index in [1.807, 2.05) is 0 Å². The standard InChI is InChI=1S/C26H27FN4O6S3/c27-17-5-1-13(2-6-17)11-31-21-15-4-3-14(9-15)19(21)22(32)20(26(31)33)24-29-25-23(40(36,37)30-24)16(12-38-25)10-28-39(34,35)18-7-8-18/h1-2,5-6,12,14-15,18-19,21,28,32H,3-4,7-11H2,(H,29,30)/t14-,15+,19+,21-/m0/s1. The zero-order chi connectivity index (χ0) is 28.0. The highest BCUT2D eigenvalue weighted by atomic mass is 32.2. The molecule has 3 heterocycles. The molecule has 0 unspecified atom stereocenters. The number of aliphatic hydroxyl groups excluding tert-OH is 1. The summed E-state index contributed by atoms with van der Waals surface area (Å²) in [6, 6.07) is 5.65. The zero-order valence-corrected chi connectivity index (χ0v) is 23.7. The summed E-state index contributed by atoms with van der Waals surface area (Å²) in [7, 11) is -7.84. The Morgan fingerprint density at radius 1 is 1.15 bits per heavy atom. The van der Waals surface area contributed by atoms with E-state index in [0.717, 1.165) is 36.2 Å². The normalized spacial score (nSPS) is 28.8. The molecule has 0 spiro atoms. The van der Waals surface area contributed by atoms with E-state index in [2.05, 4.69) is 14.4 Å². The quantitative estimate of drug-likeness (QED) is 0.439. The van der Waals surface area contributed by atoms with Crippen LogP contribution >= 0.6 is 11.3 Å². The molecule has 3 saturated carbocycles. The number of amides is 1. The highest BCUT2D eigenvalue weighted by Gasteiger charge is 2.57. The van der Waals surface area contributed by atoms with Crippen molar-refractivity contribution >= 4 is 48.1 Å². The average Bonchev–Trinajstić information content (AvgIpc) is 3.38. The summed E-state index contributed by atoms with van der Waals surface area (Å²) in [6.07, 6.45) is 3.89. The van der Waals surface area contributed by atoms with Crippen molar-refractivity contribution in [2.45, 2.75) is 61.4 Å². The Morgan fingerprint density at radius 3 is 2.60 bits per heavy atom. The van der Waals surface area contributed by atoms with E-state index >= 15 is 0 Å². The van der Waals surface area contributed by atoms with E-state index < -0.39 is 31.2 Å². The van der Waals surface area contributed by atoms with Gasteiger partial charge >= 0.3 is 0 Å². The third-order valence-corrected chi connectivity index (χ3v) is 13.1. The van der Waals surface area contributed by atoms with Gasteiger partial charge in [0, 0.05) is 30.6 Å². The van der Waals surface area contributed by atoms with Gasteiger partial charge in [-0.3, -0.25) is 4.79 Å². The molecule has 2 bridgehead atoms. The van der Waals surface area contributed by atoms with Gasteiger partial charge in [-0.2, -0.15) is 8.42 Å². The molecule has 1 aromatic heterocycles. The Balaban J connectivity index is 1.23. The molecule has 7 rings (SSSR count). The number of anilines is 1. The predicted octanol–water partition coefficient (Wildman–Crippen LogP) is 3.25. The average molecular weight is 607 g/mol. The lowest BCUT2D eigenvalue weighted by molar-refractivity contribution is -0.134. The Kier molecular flexibility index (Phi) is 5.94. The fourth-order valence-electron chi connectivity index (χ4n) is 6.79. The van der Waals surface area contributed by atoms with Gasteiger partial charge in [-0.1, -0.05) is 12.1 Å². The number of fused-ring (bicyclic) bond motifs is 6. The van der Waals surface area contributed by atoms with Gasteiger partial charge in [-0.05, 0) is 67.0 Å². The number of carbonyl (C=O) groups is 1. The van der Waals surface area contributed by atoms with E-state index in [4.69, 9.17) is 0 Å². The number of halogens is 1. The summed E-state index contributed by atoms with van der Waals surface area (Å²) in [6.45, 7) is -0.00255. The van der Waals surface area contributed by atoms with Gasteiger partial charge in [0.2, 0.25) is 10.0 Å². The second kappa shape index (κ2) is 9.10. The first-order valence-corrected chi connectivity index (χ1v) is 17.1. The Bertz CT molecular complexity index is 1700. The van der Waals surface area contributed by atoms with Crippen LogP contribution in [0.1, 0.15) is 43.2 Å². The molecule has 0 radical (unpaired) electrons. The summed E-state index contributed by atoms with van der Waals surface area (Å²) in [5.41, 5.74) is 0.815. The lowest BCUT2D eigenvalue weighted by Gasteiger charge is -2.44. The molecule has 1 aromatic carbocycles. The van der Waals surface area contributed by atoms with Crippen LogP contribution in [0.15, 0.2) is 50.3 Å². The summed E-state index contributed by atoms with van der Waals surface area (Å²) >= 11 is 1.06. The number of thiophene rings is 1. The first-order chi connectivity index (χ1) is 19.0. The number of benzene rings is 1. The van der Waals surface area contributed by atoms with Crippen molar-refractivity contribution in [3.63, 3.8) is 0 Å². The van der Waals surface area contributed by atoms with Gasteiger partial charge in [-0.25, -0.2) is 17.5 Å². The highest BCUT2D eigenvalue weighted by molar-refractivity contribution is 7.91. The third-order valence-electron chi connectivity index (χ3n) is 8.73. The van der Waals surface area contributed by atoms with Gasteiger partial charge in [0.1, 0.15) is 27.0 Å². The van der Waals surface area contributed by atoms with Crippen molar-refractivity contribution < 1.29 is 31.1 Å². The molecule has 4 atom stereocenters. The van der Waals surface area contributed by atoms with Crippen LogP contribution in [0.2, 0.25) is 0 Å². The predicted molar refractivity (Wildman–Crippen MR) is 146 cm³/mol. The Morgan fingerprint density at radius 2 is 1.88 bits per heavy atom. The number of rotatable bonds is 7. The molecule has 5 aliphatic rings. The number of amidine groups is 1. The summed E-state index contributed by atoms with van der Waals surface area (Å²) in [4.78, 5) is 15.5. The second-order valence-corrected chi connectivity index (χ2v) is 15.7. The first-order valence-electron chi connectivity index (χ1n) is 13.2. The van der Waals surface area contributed by atoms with E-state index in [1.54, 1.807) is 22.4 Å². The largest absolute Gasteiger partial charge is 0.511 e. The SMILES string of the molecule is O=C1C(C2=NS(=O)(=O)c3c(CNS(=O)(=O)C4CC4)csc3N2)=C(O)[C@@H]2[C@H]3CC[C@H](C3)[C@@H]2N1Cc1ccc(F)cc1. The molecule has 40 heavy (non-hydrogen) atoms. The smallest absolute Gasteiger partial charge is 0.287 e. The zero-order valence-electron chi connectivity index (χ0n) is 21.2. The molecule has 3 fully saturated rings. The molecular formula is C26H27FN4O6S3. The number of nitrogens with one attached hydrogen (secondary N) is 2. The number of sulfonamides is 2. The maximum atomic E-state index is 14.0. The second-order valence-electron chi connectivity index (χ2n) is 11.2. The molecular weight excluding hydrogens is 580 g/mol. The minimum Gasteiger partial charge on any atom is -0.511 e. The van der Waals surface area contributed by atoms with Crippen molar-refractivity contribution in [3.8, 4) is 0 Å². The fraction of sp³-hybridized carbons (Fsp3) is 0.462.